The summed E-state index contributed by atoms with van der Waals surface area (Å²) < 4.78 is 20.6. The van der Waals surface area contributed by atoms with Crippen LogP contribution in [-0.4, -0.2) is 60.8 Å². The van der Waals surface area contributed by atoms with Gasteiger partial charge in [-0.1, -0.05) is 31.2 Å². The number of carbonyl (C=O) groups excluding carboxylic acids is 1. The molecule has 212 valence electrons. The first-order valence-corrected chi connectivity index (χ1v) is 13.1. The molecule has 1 aliphatic rings. The van der Waals surface area contributed by atoms with Crippen LogP contribution in [0.3, 0.4) is 0 Å². The minimum absolute atomic E-state index is 0. The third-order valence-corrected chi connectivity index (χ3v) is 6.86. The van der Waals surface area contributed by atoms with Crippen LogP contribution in [0.25, 0.3) is 11.3 Å². The van der Waals surface area contributed by atoms with Crippen molar-refractivity contribution in [1.82, 2.24) is 20.2 Å². The number of benzene rings is 3. The summed E-state index contributed by atoms with van der Waals surface area (Å²) in [6.07, 6.45) is 1.71. The molecule has 0 spiro atoms. The van der Waals surface area contributed by atoms with Crippen molar-refractivity contribution in [2.75, 3.05) is 39.6 Å². The van der Waals surface area contributed by atoms with Crippen LogP contribution in [-0.2, 0) is 6.54 Å². The molecule has 0 radical (unpaired) electrons. The van der Waals surface area contributed by atoms with Gasteiger partial charge in [0.05, 0.1) is 30.6 Å². The Bertz CT molecular complexity index is 1590. The summed E-state index contributed by atoms with van der Waals surface area (Å²) in [7, 11) is 5.12. The first-order chi connectivity index (χ1) is 19.4. The van der Waals surface area contributed by atoms with E-state index in [2.05, 4.69) is 15.6 Å². The average molecular weight is 575 g/mol. The topological polar surface area (TPSA) is 91.7 Å². The number of ether oxygens (including phenoxy) is 1. The molecule has 2 N–H and O–H groups in total. The summed E-state index contributed by atoms with van der Waals surface area (Å²) in [6.45, 7) is 1.57. The van der Waals surface area contributed by atoms with Crippen LogP contribution < -0.4 is 15.4 Å². The Balaban J connectivity index is 0.00000387. The van der Waals surface area contributed by atoms with Crippen LogP contribution >= 0.6 is 11.6 Å². The molecule has 1 amide bonds. The highest BCUT2D eigenvalue weighted by Crippen LogP contribution is 2.36. The number of nitrogens with zero attached hydrogens (tertiary/aromatic N) is 4. The molecule has 0 aliphatic carbocycles. The first kappa shape index (κ1) is 29.6. The second-order valence-electron chi connectivity index (χ2n) is 9.27. The van der Waals surface area contributed by atoms with E-state index in [1.807, 2.05) is 25.2 Å². The first-order valence-electron chi connectivity index (χ1n) is 12.7. The lowest BCUT2D eigenvalue weighted by Crippen LogP contribution is -2.32. The fourth-order valence-electron chi connectivity index (χ4n) is 4.53. The number of nitrogens with one attached hydrogen (secondary N) is 2. The molecular weight excluding hydrogens is 543 g/mol. The summed E-state index contributed by atoms with van der Waals surface area (Å²) in [5.41, 5.74) is 4.85. The van der Waals surface area contributed by atoms with Gasteiger partial charge in [0.25, 0.3) is 5.91 Å². The van der Waals surface area contributed by atoms with Crippen molar-refractivity contribution < 1.29 is 13.9 Å². The number of methoxy groups -OCH3 is 1. The molecule has 0 unspecified atom stereocenters. The standard InChI is InChI=1S/C30H28ClFN6O2.CH4/c1-33-13-14-38(2)29(39)18-7-10-21(11-8-18)36-30-35-17-19-16-34-28(26-24(32)5-4-6-25(26)40-3)23-15-20(31)9-12-22(23)27(19)37-30;/h4-12,15,17,33H,13-14,16H2,1-3H3,(H,35,36,37);1H4. The minimum atomic E-state index is -0.446. The van der Waals surface area contributed by atoms with Crippen LogP contribution in [0.1, 0.15) is 34.5 Å². The summed E-state index contributed by atoms with van der Waals surface area (Å²) in [4.78, 5) is 28.4. The molecule has 8 nitrogen and oxygen atoms in total. The maximum atomic E-state index is 15.1. The lowest BCUT2D eigenvalue weighted by molar-refractivity contribution is 0.0797. The van der Waals surface area contributed by atoms with Crippen LogP contribution in [0.2, 0.25) is 5.02 Å². The third-order valence-electron chi connectivity index (χ3n) is 6.63. The van der Waals surface area contributed by atoms with Crippen molar-refractivity contribution in [1.29, 1.82) is 0 Å². The third kappa shape index (κ3) is 6.21. The Labute approximate surface area is 244 Å². The van der Waals surface area contributed by atoms with Crippen molar-refractivity contribution in [3.05, 3.63) is 100.0 Å². The molecule has 41 heavy (non-hydrogen) atoms. The van der Waals surface area contributed by atoms with E-state index in [9.17, 15) is 4.79 Å². The second-order valence-corrected chi connectivity index (χ2v) is 9.71. The highest BCUT2D eigenvalue weighted by Gasteiger charge is 2.25. The fraction of sp³-hybridized carbons (Fsp3) is 0.226. The number of halogens is 2. The molecule has 1 aliphatic heterocycles. The maximum Gasteiger partial charge on any atom is 0.253 e. The number of anilines is 2. The Kier molecular flexibility index (Phi) is 9.31. The molecule has 0 bridgehead atoms. The van der Waals surface area contributed by atoms with Crippen molar-refractivity contribution >= 4 is 34.9 Å². The molecule has 0 atom stereocenters. The van der Waals surface area contributed by atoms with Gasteiger partial charge in [0.15, 0.2) is 0 Å². The van der Waals surface area contributed by atoms with E-state index in [-0.39, 0.29) is 25.4 Å². The van der Waals surface area contributed by atoms with Crippen molar-refractivity contribution in [2.45, 2.75) is 14.0 Å². The van der Waals surface area contributed by atoms with E-state index in [0.717, 1.165) is 16.8 Å². The van der Waals surface area contributed by atoms with Crippen LogP contribution in [0.15, 0.2) is 71.9 Å². The molecule has 0 saturated carbocycles. The number of carbonyl (C=O) groups is 1. The van der Waals surface area contributed by atoms with Gasteiger partial charge in [0.2, 0.25) is 5.95 Å². The molecule has 0 saturated heterocycles. The van der Waals surface area contributed by atoms with Crippen molar-refractivity contribution in [2.24, 2.45) is 4.99 Å². The van der Waals surface area contributed by atoms with Gasteiger partial charge in [-0.3, -0.25) is 9.79 Å². The van der Waals surface area contributed by atoms with Gasteiger partial charge in [-0.2, -0.15) is 0 Å². The predicted molar refractivity (Wildman–Crippen MR) is 162 cm³/mol. The van der Waals surface area contributed by atoms with E-state index in [1.54, 1.807) is 54.5 Å². The second kappa shape index (κ2) is 12.9. The van der Waals surface area contributed by atoms with E-state index < -0.39 is 5.82 Å². The summed E-state index contributed by atoms with van der Waals surface area (Å²) in [5, 5.41) is 6.75. The maximum absolute atomic E-state index is 15.1. The molecule has 1 aromatic heterocycles. The van der Waals surface area contributed by atoms with Gasteiger partial charge >= 0.3 is 0 Å². The quantitative estimate of drug-likeness (QED) is 0.269. The van der Waals surface area contributed by atoms with Gasteiger partial charge in [-0.15, -0.1) is 0 Å². The van der Waals surface area contributed by atoms with Gasteiger partial charge in [-0.25, -0.2) is 14.4 Å². The minimum Gasteiger partial charge on any atom is -0.496 e. The molecule has 10 heteroatoms. The zero-order valence-corrected chi connectivity index (χ0v) is 23.1. The number of amides is 1. The molecule has 3 aromatic carbocycles. The number of likely N-dealkylation sites (N-methyl/N-ethyl adjacent to an activating group) is 2. The number of hydrogen-bond donors (Lipinski definition) is 2. The molecule has 0 fully saturated rings. The highest BCUT2D eigenvalue weighted by atomic mass is 35.5. The van der Waals surface area contributed by atoms with E-state index in [4.69, 9.17) is 26.3 Å². The summed E-state index contributed by atoms with van der Waals surface area (Å²) in [5.74, 6) is 0.246. The predicted octanol–water partition coefficient (Wildman–Crippen LogP) is 5.97. The van der Waals surface area contributed by atoms with Gasteiger partial charge < -0.3 is 20.3 Å². The zero-order chi connectivity index (χ0) is 28.2. The van der Waals surface area contributed by atoms with Gasteiger partial charge in [-0.05, 0) is 55.6 Å². The number of aliphatic imine (C=N–C) groups is 1. The Morgan fingerprint density at radius 2 is 1.90 bits per heavy atom. The lowest BCUT2D eigenvalue weighted by atomic mass is 9.94. The Morgan fingerprint density at radius 3 is 2.63 bits per heavy atom. The Hall–Kier alpha value is -4.34. The SMILES string of the molecule is C.CNCCN(C)C(=O)c1ccc(Nc2ncc3c(n2)-c2ccc(Cl)cc2C(c2c(F)cccc2OC)=NC3)cc1. The van der Waals surface area contributed by atoms with Gasteiger partial charge in [0, 0.05) is 59.3 Å². The normalized spacial score (nSPS) is 11.8. The molecule has 5 rings (SSSR count). The number of aromatic nitrogens is 2. The zero-order valence-electron chi connectivity index (χ0n) is 22.3. The lowest BCUT2D eigenvalue weighted by Gasteiger charge is -2.17. The monoisotopic (exact) mass is 574 g/mol. The van der Waals surface area contributed by atoms with Gasteiger partial charge in [0.1, 0.15) is 11.6 Å². The fourth-order valence-corrected chi connectivity index (χ4v) is 4.70. The van der Waals surface area contributed by atoms with E-state index in [1.165, 1.54) is 13.2 Å². The summed E-state index contributed by atoms with van der Waals surface area (Å²) >= 11 is 6.39. The van der Waals surface area contributed by atoms with Crippen molar-refractivity contribution in [3.63, 3.8) is 0 Å². The van der Waals surface area contributed by atoms with E-state index >= 15 is 4.39 Å². The number of hydrogen-bond acceptors (Lipinski definition) is 7. The van der Waals surface area contributed by atoms with Crippen LogP contribution in [0.5, 0.6) is 5.75 Å². The van der Waals surface area contributed by atoms with E-state index in [0.29, 0.717) is 52.3 Å². The van der Waals surface area contributed by atoms with Crippen molar-refractivity contribution in [3.8, 4) is 17.0 Å². The molecule has 4 aromatic rings. The summed E-state index contributed by atoms with van der Waals surface area (Å²) in [6, 6.07) is 17.2. The number of fused-ring (bicyclic) bond motifs is 3. The highest BCUT2D eigenvalue weighted by molar-refractivity contribution is 6.31. The smallest absolute Gasteiger partial charge is 0.253 e. The van der Waals surface area contributed by atoms with Crippen LogP contribution in [0, 0.1) is 5.82 Å². The molecule has 2 heterocycles. The molecular formula is C31H32ClFN6O2. The van der Waals surface area contributed by atoms with Crippen LogP contribution in [0.4, 0.5) is 16.0 Å². The number of rotatable bonds is 8. The Morgan fingerprint density at radius 1 is 1.12 bits per heavy atom. The largest absolute Gasteiger partial charge is 0.496 e. The average Bonchev–Trinajstić information content (AvgIpc) is 3.12.